The molecule has 0 aliphatic carbocycles. The summed E-state index contributed by atoms with van der Waals surface area (Å²) in [5.41, 5.74) is 1.28. The van der Waals surface area contributed by atoms with Crippen molar-refractivity contribution in [3.63, 3.8) is 0 Å². The summed E-state index contributed by atoms with van der Waals surface area (Å²) in [7, 11) is 4.21. The lowest BCUT2D eigenvalue weighted by Gasteiger charge is -2.21. The molecule has 1 aliphatic heterocycles. The molecule has 0 aromatic heterocycles. The number of hydrogen-bond acceptors (Lipinski definition) is 5. The van der Waals surface area contributed by atoms with E-state index in [0.29, 0.717) is 13.2 Å². The van der Waals surface area contributed by atoms with E-state index >= 15 is 0 Å². The van der Waals surface area contributed by atoms with E-state index in [9.17, 15) is 0 Å². The zero-order chi connectivity index (χ0) is 14.4. The largest absolute Gasteiger partial charge is 0.486 e. The number of benzene rings is 1. The lowest BCUT2D eigenvalue weighted by molar-refractivity contribution is 0.171. The summed E-state index contributed by atoms with van der Waals surface area (Å²) in [5, 5.41) is 3.50. The minimum absolute atomic E-state index is 0.640. The summed E-state index contributed by atoms with van der Waals surface area (Å²) in [4.78, 5) is 3.47. The predicted molar refractivity (Wildman–Crippen MR) is 84.1 cm³/mol. The number of ether oxygens (including phenoxy) is 2. The van der Waals surface area contributed by atoms with Crippen molar-refractivity contribution in [1.82, 2.24) is 10.2 Å². The highest BCUT2D eigenvalue weighted by molar-refractivity contribution is 7.98. The maximum absolute atomic E-state index is 5.65. The molecule has 20 heavy (non-hydrogen) atoms. The lowest BCUT2D eigenvalue weighted by atomic mass is 10.2. The molecule has 4 nitrogen and oxygen atoms in total. The standard InChI is InChI=1S/C15H24N2O2S/c1-17(2)6-4-5-16-11-12-9-13-14(10-15(12)20-3)19-8-7-18-13/h9-10,16H,4-8,11H2,1-3H3. The molecule has 0 amide bonds. The minimum atomic E-state index is 0.640. The van der Waals surface area contributed by atoms with E-state index in [1.54, 1.807) is 11.8 Å². The summed E-state index contributed by atoms with van der Waals surface area (Å²) < 4.78 is 11.3. The van der Waals surface area contributed by atoms with Crippen molar-refractivity contribution >= 4 is 11.8 Å². The van der Waals surface area contributed by atoms with Crippen LogP contribution in [0.2, 0.25) is 0 Å². The predicted octanol–water partition coefficient (Wildman–Crippen LogP) is 2.22. The average molecular weight is 296 g/mol. The number of fused-ring (bicyclic) bond motifs is 1. The highest BCUT2D eigenvalue weighted by atomic mass is 32.2. The van der Waals surface area contributed by atoms with Crippen LogP contribution in [0.4, 0.5) is 0 Å². The van der Waals surface area contributed by atoms with Crippen LogP contribution >= 0.6 is 11.8 Å². The van der Waals surface area contributed by atoms with Gasteiger partial charge in [-0.2, -0.15) is 0 Å². The first kappa shape index (κ1) is 15.5. The monoisotopic (exact) mass is 296 g/mol. The van der Waals surface area contributed by atoms with Crippen LogP contribution in [0.1, 0.15) is 12.0 Å². The second-order valence-electron chi connectivity index (χ2n) is 5.14. The molecule has 0 saturated carbocycles. The fourth-order valence-electron chi connectivity index (χ4n) is 2.18. The van der Waals surface area contributed by atoms with Gasteiger partial charge in [0.2, 0.25) is 0 Å². The zero-order valence-corrected chi connectivity index (χ0v) is 13.4. The van der Waals surface area contributed by atoms with Crippen molar-refractivity contribution in [2.24, 2.45) is 0 Å². The Kier molecular flexibility index (Phi) is 6.01. The van der Waals surface area contributed by atoms with Crippen molar-refractivity contribution in [2.75, 3.05) is 46.7 Å². The van der Waals surface area contributed by atoms with Gasteiger partial charge in [-0.3, -0.25) is 0 Å². The third kappa shape index (κ3) is 4.30. The first-order chi connectivity index (χ1) is 9.70. The molecule has 0 spiro atoms. The molecule has 0 fully saturated rings. The van der Waals surface area contributed by atoms with Crippen LogP contribution in [0, 0.1) is 0 Å². The Balaban J connectivity index is 1.92. The maximum atomic E-state index is 5.65. The van der Waals surface area contributed by atoms with Crippen molar-refractivity contribution in [3.05, 3.63) is 17.7 Å². The Bertz CT molecular complexity index is 438. The van der Waals surface area contributed by atoms with Crippen molar-refractivity contribution in [3.8, 4) is 11.5 Å². The number of thioether (sulfide) groups is 1. The lowest BCUT2D eigenvalue weighted by Crippen LogP contribution is -2.21. The Hall–Kier alpha value is -0.910. The van der Waals surface area contributed by atoms with Crippen molar-refractivity contribution in [2.45, 2.75) is 17.9 Å². The fourth-order valence-corrected chi connectivity index (χ4v) is 2.80. The molecule has 1 aromatic rings. The highest BCUT2D eigenvalue weighted by Crippen LogP contribution is 2.36. The van der Waals surface area contributed by atoms with Gasteiger partial charge in [0.25, 0.3) is 0 Å². The molecule has 1 aliphatic rings. The van der Waals surface area contributed by atoms with E-state index < -0.39 is 0 Å². The maximum Gasteiger partial charge on any atom is 0.162 e. The molecule has 0 atom stereocenters. The number of nitrogens with one attached hydrogen (secondary N) is 1. The Morgan fingerprint density at radius 3 is 2.55 bits per heavy atom. The van der Waals surface area contributed by atoms with Crippen molar-refractivity contribution in [1.29, 1.82) is 0 Å². The van der Waals surface area contributed by atoms with E-state index in [4.69, 9.17) is 9.47 Å². The van der Waals surface area contributed by atoms with Crippen LogP contribution in [0.25, 0.3) is 0 Å². The van der Waals surface area contributed by atoms with Crippen LogP contribution in [0.5, 0.6) is 11.5 Å². The quantitative estimate of drug-likeness (QED) is 0.616. The van der Waals surface area contributed by atoms with Crippen LogP contribution in [-0.2, 0) is 6.54 Å². The first-order valence-electron chi connectivity index (χ1n) is 7.02. The van der Waals surface area contributed by atoms with E-state index in [1.807, 2.05) is 0 Å². The Labute approximate surface area is 125 Å². The third-order valence-electron chi connectivity index (χ3n) is 3.22. The third-order valence-corrected chi connectivity index (χ3v) is 4.04. The molecular weight excluding hydrogens is 272 g/mol. The molecule has 1 N–H and O–H groups in total. The van der Waals surface area contributed by atoms with Gasteiger partial charge in [-0.15, -0.1) is 11.8 Å². The van der Waals surface area contributed by atoms with Crippen LogP contribution in [-0.4, -0.2) is 51.6 Å². The van der Waals surface area contributed by atoms with E-state index in [1.165, 1.54) is 10.5 Å². The van der Waals surface area contributed by atoms with Gasteiger partial charge in [0.15, 0.2) is 11.5 Å². The summed E-state index contributed by atoms with van der Waals surface area (Å²) in [5.74, 6) is 1.75. The van der Waals surface area contributed by atoms with Crippen LogP contribution in [0.3, 0.4) is 0 Å². The van der Waals surface area contributed by atoms with E-state index in [0.717, 1.165) is 37.6 Å². The molecule has 5 heteroatoms. The SMILES string of the molecule is CSc1cc2c(cc1CNCCCN(C)C)OCCO2. The Morgan fingerprint density at radius 1 is 1.20 bits per heavy atom. The van der Waals surface area contributed by atoms with Gasteiger partial charge >= 0.3 is 0 Å². The molecule has 112 valence electrons. The average Bonchev–Trinajstić information content (AvgIpc) is 2.45. The topological polar surface area (TPSA) is 33.7 Å². The van der Waals surface area contributed by atoms with Gasteiger partial charge in [-0.05, 0) is 57.6 Å². The molecule has 2 rings (SSSR count). The smallest absolute Gasteiger partial charge is 0.162 e. The molecule has 0 bridgehead atoms. The van der Waals surface area contributed by atoms with Crippen molar-refractivity contribution < 1.29 is 9.47 Å². The molecule has 0 radical (unpaired) electrons. The zero-order valence-electron chi connectivity index (χ0n) is 12.6. The number of hydrogen-bond donors (Lipinski definition) is 1. The van der Waals surface area contributed by atoms with Gasteiger partial charge in [-0.1, -0.05) is 0 Å². The summed E-state index contributed by atoms with van der Waals surface area (Å²) in [6.45, 7) is 4.30. The Morgan fingerprint density at radius 2 is 1.90 bits per heavy atom. The molecule has 1 heterocycles. The van der Waals surface area contributed by atoms with E-state index in [-0.39, 0.29) is 0 Å². The summed E-state index contributed by atoms with van der Waals surface area (Å²) >= 11 is 1.75. The van der Waals surface area contributed by atoms with Crippen LogP contribution < -0.4 is 14.8 Å². The van der Waals surface area contributed by atoms with Gasteiger partial charge in [0.1, 0.15) is 13.2 Å². The number of nitrogens with zero attached hydrogens (tertiary/aromatic N) is 1. The van der Waals surface area contributed by atoms with Gasteiger partial charge < -0.3 is 19.7 Å². The fraction of sp³-hybridized carbons (Fsp3) is 0.600. The van der Waals surface area contributed by atoms with Gasteiger partial charge in [0.05, 0.1) is 0 Å². The molecule has 0 saturated heterocycles. The molecule has 0 unspecified atom stereocenters. The second kappa shape index (κ2) is 7.76. The van der Waals surface area contributed by atoms with Gasteiger partial charge in [0, 0.05) is 11.4 Å². The minimum Gasteiger partial charge on any atom is -0.486 e. The molecular formula is C15H24N2O2S. The first-order valence-corrected chi connectivity index (χ1v) is 8.25. The summed E-state index contributed by atoms with van der Waals surface area (Å²) in [6.07, 6.45) is 3.26. The van der Waals surface area contributed by atoms with Gasteiger partial charge in [-0.25, -0.2) is 0 Å². The normalized spacial score (nSPS) is 13.8. The summed E-state index contributed by atoms with van der Waals surface area (Å²) in [6, 6.07) is 4.20. The molecule has 1 aromatic carbocycles. The van der Waals surface area contributed by atoms with E-state index in [2.05, 4.69) is 42.7 Å². The second-order valence-corrected chi connectivity index (χ2v) is 5.99. The van der Waals surface area contributed by atoms with Crippen LogP contribution in [0.15, 0.2) is 17.0 Å². The highest BCUT2D eigenvalue weighted by Gasteiger charge is 2.15. The number of rotatable bonds is 7.